The summed E-state index contributed by atoms with van der Waals surface area (Å²) in [7, 11) is 0. The van der Waals surface area contributed by atoms with Crippen molar-refractivity contribution in [3.05, 3.63) is 0 Å². The van der Waals surface area contributed by atoms with Gasteiger partial charge in [0.25, 0.3) is 0 Å². The van der Waals surface area contributed by atoms with Crippen LogP contribution in [0.4, 0.5) is 4.79 Å². The Morgan fingerprint density at radius 3 is 2.57 bits per heavy atom. The van der Waals surface area contributed by atoms with E-state index < -0.39 is 18.5 Å². The zero-order chi connectivity index (χ0) is 15.2. The van der Waals surface area contributed by atoms with E-state index in [9.17, 15) is 15.0 Å². The van der Waals surface area contributed by atoms with Gasteiger partial charge >= 0.3 is 6.09 Å². The predicted molar refractivity (Wildman–Crippen MR) is 76.6 cm³/mol. The molecule has 2 heterocycles. The molecule has 0 bridgehead atoms. The van der Waals surface area contributed by atoms with Gasteiger partial charge in [0, 0.05) is 45.8 Å². The summed E-state index contributed by atoms with van der Waals surface area (Å²) in [5.74, 6) is 0. The van der Waals surface area contributed by atoms with E-state index in [1.807, 2.05) is 6.92 Å². The number of rotatable bonds is 4. The summed E-state index contributed by atoms with van der Waals surface area (Å²) in [6.07, 6.45) is -2.85. The molecule has 0 aromatic carbocycles. The van der Waals surface area contributed by atoms with Crippen molar-refractivity contribution in [2.75, 3.05) is 59.0 Å². The van der Waals surface area contributed by atoms with Crippen molar-refractivity contribution in [2.45, 2.75) is 19.4 Å². The molecule has 21 heavy (non-hydrogen) atoms. The van der Waals surface area contributed by atoms with Gasteiger partial charge in [-0.3, -0.25) is 14.7 Å². The Morgan fingerprint density at radius 2 is 1.90 bits per heavy atom. The molecule has 2 unspecified atom stereocenters. The Bertz CT molecular complexity index is 338. The van der Waals surface area contributed by atoms with E-state index in [4.69, 9.17) is 4.74 Å². The van der Waals surface area contributed by atoms with Crippen LogP contribution in [0.15, 0.2) is 0 Å². The maximum absolute atomic E-state index is 12.0. The third-order valence-electron chi connectivity index (χ3n) is 4.07. The van der Waals surface area contributed by atoms with Crippen molar-refractivity contribution in [3.8, 4) is 0 Å². The molecule has 2 saturated heterocycles. The Balaban J connectivity index is 1.72. The van der Waals surface area contributed by atoms with E-state index in [2.05, 4.69) is 10.2 Å². The highest BCUT2D eigenvalue weighted by Crippen LogP contribution is 2.14. The molecule has 0 aromatic rings. The van der Waals surface area contributed by atoms with Crippen molar-refractivity contribution in [2.24, 2.45) is 0 Å². The lowest BCUT2D eigenvalue weighted by Gasteiger charge is -2.41. The minimum Gasteiger partial charge on any atom is -0.448 e. The highest BCUT2D eigenvalue weighted by molar-refractivity contribution is 5.68. The lowest BCUT2D eigenvalue weighted by molar-refractivity contribution is -0.166. The van der Waals surface area contributed by atoms with Crippen molar-refractivity contribution in [1.82, 2.24) is 20.0 Å². The third kappa shape index (κ3) is 4.27. The standard InChI is InChI=1S/C13H26N4O4/c1-2-16-7-8-17(12(19)11(16)18)13(20)21-10-9-15-5-3-14-4-6-15/h11-12,14,18-19H,2-10H2,1H3. The summed E-state index contributed by atoms with van der Waals surface area (Å²) in [5.41, 5.74) is 0. The smallest absolute Gasteiger partial charge is 0.412 e. The number of ether oxygens (including phenoxy) is 1. The summed E-state index contributed by atoms with van der Waals surface area (Å²) >= 11 is 0. The zero-order valence-corrected chi connectivity index (χ0v) is 12.6. The maximum Gasteiger partial charge on any atom is 0.412 e. The minimum atomic E-state index is -1.23. The molecule has 2 fully saturated rings. The summed E-state index contributed by atoms with van der Waals surface area (Å²) in [6.45, 7) is 8.23. The van der Waals surface area contributed by atoms with Crippen LogP contribution in [0, 0.1) is 0 Å². The monoisotopic (exact) mass is 302 g/mol. The van der Waals surface area contributed by atoms with Crippen molar-refractivity contribution in [1.29, 1.82) is 0 Å². The van der Waals surface area contributed by atoms with Gasteiger partial charge in [-0.1, -0.05) is 6.92 Å². The quantitative estimate of drug-likeness (QED) is 0.570. The molecule has 2 rings (SSSR count). The van der Waals surface area contributed by atoms with Crippen molar-refractivity contribution >= 4 is 6.09 Å². The van der Waals surface area contributed by atoms with Crippen molar-refractivity contribution < 1.29 is 19.7 Å². The fourth-order valence-corrected chi connectivity index (χ4v) is 2.67. The summed E-state index contributed by atoms with van der Waals surface area (Å²) < 4.78 is 5.21. The van der Waals surface area contributed by atoms with Crippen LogP contribution in [-0.2, 0) is 4.74 Å². The number of amides is 1. The second-order valence-corrected chi connectivity index (χ2v) is 5.36. The van der Waals surface area contributed by atoms with E-state index in [0.29, 0.717) is 32.8 Å². The molecule has 0 aromatic heterocycles. The van der Waals surface area contributed by atoms with Gasteiger partial charge in [0.15, 0.2) is 12.5 Å². The van der Waals surface area contributed by atoms with Gasteiger partial charge in [0.05, 0.1) is 0 Å². The topological polar surface area (TPSA) is 88.5 Å². The molecule has 8 heteroatoms. The summed E-state index contributed by atoms with van der Waals surface area (Å²) in [5, 5.41) is 23.1. The number of carbonyl (C=O) groups is 1. The first-order chi connectivity index (χ1) is 10.1. The van der Waals surface area contributed by atoms with Crippen LogP contribution >= 0.6 is 0 Å². The van der Waals surface area contributed by atoms with Crippen LogP contribution in [0.25, 0.3) is 0 Å². The van der Waals surface area contributed by atoms with Crippen LogP contribution in [0.3, 0.4) is 0 Å². The van der Waals surface area contributed by atoms with Gasteiger partial charge in [-0.05, 0) is 6.54 Å². The normalized spacial score (nSPS) is 28.6. The minimum absolute atomic E-state index is 0.301. The molecule has 2 aliphatic heterocycles. The van der Waals surface area contributed by atoms with Gasteiger partial charge in [0.2, 0.25) is 0 Å². The molecule has 3 N–H and O–H groups in total. The molecule has 0 saturated carbocycles. The first-order valence-corrected chi connectivity index (χ1v) is 7.60. The zero-order valence-electron chi connectivity index (χ0n) is 12.6. The Morgan fingerprint density at radius 1 is 1.19 bits per heavy atom. The lowest BCUT2D eigenvalue weighted by atomic mass is 10.2. The van der Waals surface area contributed by atoms with Crippen LogP contribution in [0.1, 0.15) is 6.92 Å². The molecular formula is C13H26N4O4. The average molecular weight is 302 g/mol. The van der Waals surface area contributed by atoms with Crippen LogP contribution in [0.2, 0.25) is 0 Å². The van der Waals surface area contributed by atoms with E-state index >= 15 is 0 Å². The number of aliphatic hydroxyl groups excluding tert-OH is 2. The first-order valence-electron chi connectivity index (χ1n) is 7.60. The number of hydrogen-bond acceptors (Lipinski definition) is 7. The molecular weight excluding hydrogens is 276 g/mol. The number of carbonyl (C=O) groups excluding carboxylic acids is 1. The fraction of sp³-hybridized carbons (Fsp3) is 0.923. The second-order valence-electron chi connectivity index (χ2n) is 5.36. The highest BCUT2D eigenvalue weighted by Gasteiger charge is 2.36. The van der Waals surface area contributed by atoms with Crippen LogP contribution < -0.4 is 5.32 Å². The molecule has 2 atom stereocenters. The van der Waals surface area contributed by atoms with Gasteiger partial charge in [-0.25, -0.2) is 4.79 Å². The second kappa shape index (κ2) is 7.90. The third-order valence-corrected chi connectivity index (χ3v) is 4.07. The van der Waals surface area contributed by atoms with E-state index in [1.165, 1.54) is 4.90 Å². The summed E-state index contributed by atoms with van der Waals surface area (Å²) in [4.78, 5) is 17.1. The number of nitrogens with one attached hydrogen (secondary N) is 1. The largest absolute Gasteiger partial charge is 0.448 e. The molecule has 0 aliphatic carbocycles. The number of hydrogen-bond donors (Lipinski definition) is 3. The predicted octanol–water partition coefficient (Wildman–Crippen LogP) is -1.70. The van der Waals surface area contributed by atoms with E-state index in [-0.39, 0.29) is 0 Å². The average Bonchev–Trinajstić information content (AvgIpc) is 2.51. The lowest BCUT2D eigenvalue weighted by Crippen LogP contribution is -2.61. The van der Waals surface area contributed by atoms with Gasteiger partial charge in [-0.2, -0.15) is 0 Å². The summed E-state index contributed by atoms with van der Waals surface area (Å²) in [6, 6.07) is 0. The fourth-order valence-electron chi connectivity index (χ4n) is 2.67. The molecule has 122 valence electrons. The van der Waals surface area contributed by atoms with Gasteiger partial charge < -0.3 is 20.3 Å². The number of piperazine rings is 2. The number of aliphatic hydroxyl groups is 2. The molecule has 0 spiro atoms. The number of likely N-dealkylation sites (N-methyl/N-ethyl adjacent to an activating group) is 1. The van der Waals surface area contributed by atoms with Crippen LogP contribution in [0.5, 0.6) is 0 Å². The van der Waals surface area contributed by atoms with E-state index in [0.717, 1.165) is 26.2 Å². The molecule has 0 radical (unpaired) electrons. The SMILES string of the molecule is CCN1CCN(C(=O)OCCN2CCNCC2)C(O)C1O. The first kappa shape index (κ1) is 16.4. The van der Waals surface area contributed by atoms with Crippen LogP contribution in [-0.4, -0.2) is 102 Å². The molecule has 8 nitrogen and oxygen atoms in total. The Kier molecular flexibility index (Phi) is 6.19. The Hall–Kier alpha value is -0.930. The van der Waals surface area contributed by atoms with Gasteiger partial charge in [-0.15, -0.1) is 0 Å². The molecule has 1 amide bonds. The molecule has 2 aliphatic rings. The highest BCUT2D eigenvalue weighted by atomic mass is 16.6. The van der Waals surface area contributed by atoms with Gasteiger partial charge in [0.1, 0.15) is 6.61 Å². The maximum atomic E-state index is 12.0. The van der Waals surface area contributed by atoms with E-state index in [1.54, 1.807) is 4.90 Å². The van der Waals surface area contributed by atoms with Crippen molar-refractivity contribution in [3.63, 3.8) is 0 Å². The number of nitrogens with zero attached hydrogens (tertiary/aromatic N) is 3. The Labute approximate surface area is 125 Å².